The minimum absolute atomic E-state index is 0.0617. The molecule has 0 radical (unpaired) electrons. The minimum atomic E-state index is -4.22. The van der Waals surface area contributed by atoms with Crippen LogP contribution in [0.15, 0.2) is 29.2 Å². The Bertz CT molecular complexity index is 858. The summed E-state index contributed by atoms with van der Waals surface area (Å²) in [6.45, 7) is 8.60. The zero-order chi connectivity index (χ0) is 22.0. The molecule has 2 unspecified atom stereocenters. The molecular formula is C20H29NO7S. The van der Waals surface area contributed by atoms with Gasteiger partial charge in [0.25, 0.3) is 10.1 Å². The number of ether oxygens (including phenoxy) is 1. The highest BCUT2D eigenvalue weighted by Crippen LogP contribution is 2.39. The molecule has 1 amide bonds. The van der Waals surface area contributed by atoms with Gasteiger partial charge in [0, 0.05) is 6.54 Å². The first kappa shape index (κ1) is 23.2. The van der Waals surface area contributed by atoms with E-state index in [4.69, 9.17) is 8.92 Å². The number of amides is 1. The molecule has 9 heteroatoms. The van der Waals surface area contributed by atoms with Gasteiger partial charge < -0.3 is 14.7 Å². The van der Waals surface area contributed by atoms with Crippen LogP contribution in [-0.2, 0) is 23.8 Å². The van der Waals surface area contributed by atoms with Crippen LogP contribution in [0.5, 0.6) is 0 Å². The molecule has 1 aliphatic rings. The number of carbonyl (C=O) groups is 2. The van der Waals surface area contributed by atoms with E-state index in [0.29, 0.717) is 0 Å². The predicted octanol–water partition coefficient (Wildman–Crippen LogP) is 3.19. The highest BCUT2D eigenvalue weighted by atomic mass is 32.2. The highest BCUT2D eigenvalue weighted by molar-refractivity contribution is 7.86. The van der Waals surface area contributed by atoms with E-state index >= 15 is 0 Å². The zero-order valence-corrected chi connectivity index (χ0v) is 18.3. The molecule has 0 aromatic heterocycles. The number of hydrogen-bond donors (Lipinski definition) is 1. The molecule has 0 saturated carbocycles. The average molecular weight is 428 g/mol. The quantitative estimate of drug-likeness (QED) is 0.719. The van der Waals surface area contributed by atoms with Crippen molar-refractivity contribution >= 4 is 22.2 Å². The van der Waals surface area contributed by atoms with E-state index in [9.17, 15) is 23.1 Å². The lowest BCUT2D eigenvalue weighted by atomic mass is 9.74. The molecule has 162 valence electrons. The van der Waals surface area contributed by atoms with Crippen molar-refractivity contribution in [3.05, 3.63) is 29.8 Å². The number of nitrogens with zero attached hydrogens (tertiary/aromatic N) is 1. The summed E-state index contributed by atoms with van der Waals surface area (Å²) in [6.07, 6.45) is -1.64. The number of carbonyl (C=O) groups excluding carboxylic acids is 1. The summed E-state index contributed by atoms with van der Waals surface area (Å²) in [6, 6.07) is 6.09. The number of aliphatic carboxylic acids is 1. The summed E-state index contributed by atoms with van der Waals surface area (Å²) >= 11 is 0. The third-order valence-corrected chi connectivity index (χ3v) is 6.43. The number of aryl methyl sites for hydroxylation is 1. The van der Waals surface area contributed by atoms with E-state index < -0.39 is 39.3 Å². The molecule has 1 N–H and O–H groups in total. The Balaban J connectivity index is 2.34. The number of rotatable bonds is 5. The molecule has 29 heavy (non-hydrogen) atoms. The number of piperidine rings is 1. The van der Waals surface area contributed by atoms with Crippen LogP contribution in [0, 0.1) is 12.3 Å². The van der Waals surface area contributed by atoms with Crippen molar-refractivity contribution in [2.24, 2.45) is 5.41 Å². The number of benzene rings is 1. The van der Waals surface area contributed by atoms with Gasteiger partial charge in [-0.2, -0.15) is 8.42 Å². The maximum atomic E-state index is 12.8. The van der Waals surface area contributed by atoms with E-state index in [1.54, 1.807) is 39.8 Å². The van der Waals surface area contributed by atoms with Crippen LogP contribution in [0.2, 0.25) is 0 Å². The van der Waals surface area contributed by atoms with Gasteiger partial charge in [0.1, 0.15) is 11.7 Å². The van der Waals surface area contributed by atoms with E-state index in [2.05, 4.69) is 0 Å². The molecule has 2 rings (SSSR count). The predicted molar refractivity (Wildman–Crippen MR) is 106 cm³/mol. The SMILES string of the molecule is CCC1(C(=O)O)CCN(C(=O)OC(C)(C)C)CC1OS(=O)(=O)c1ccc(C)cc1. The Morgan fingerprint density at radius 1 is 1.24 bits per heavy atom. The van der Waals surface area contributed by atoms with Gasteiger partial charge in [-0.15, -0.1) is 0 Å². The van der Waals surface area contributed by atoms with E-state index in [1.165, 1.54) is 17.0 Å². The van der Waals surface area contributed by atoms with Crippen molar-refractivity contribution in [1.82, 2.24) is 4.90 Å². The lowest BCUT2D eigenvalue weighted by Gasteiger charge is -2.43. The van der Waals surface area contributed by atoms with Crippen molar-refractivity contribution in [3.8, 4) is 0 Å². The summed E-state index contributed by atoms with van der Waals surface area (Å²) in [5.41, 5.74) is -1.27. The lowest BCUT2D eigenvalue weighted by Crippen LogP contribution is -2.57. The van der Waals surface area contributed by atoms with Gasteiger partial charge >= 0.3 is 12.1 Å². The van der Waals surface area contributed by atoms with Crippen molar-refractivity contribution < 1.29 is 32.0 Å². The van der Waals surface area contributed by atoms with Gasteiger partial charge in [-0.1, -0.05) is 24.6 Å². The van der Waals surface area contributed by atoms with Gasteiger partial charge in [0.15, 0.2) is 0 Å². The normalized spacial score (nSPS) is 22.9. The van der Waals surface area contributed by atoms with E-state index in [1.807, 2.05) is 6.92 Å². The van der Waals surface area contributed by atoms with Crippen molar-refractivity contribution in [2.45, 2.75) is 64.1 Å². The summed E-state index contributed by atoms with van der Waals surface area (Å²) in [4.78, 5) is 25.8. The Kier molecular flexibility index (Phi) is 6.64. The van der Waals surface area contributed by atoms with E-state index in [-0.39, 0.29) is 30.8 Å². The monoisotopic (exact) mass is 427 g/mol. The lowest BCUT2D eigenvalue weighted by molar-refractivity contribution is -0.160. The molecule has 0 spiro atoms. The van der Waals surface area contributed by atoms with Crippen LogP contribution < -0.4 is 0 Å². The van der Waals surface area contributed by atoms with Crippen LogP contribution in [0.25, 0.3) is 0 Å². The Labute approximate surface area is 171 Å². The minimum Gasteiger partial charge on any atom is -0.481 e. The molecule has 1 aromatic carbocycles. The first-order valence-electron chi connectivity index (χ1n) is 9.52. The smallest absolute Gasteiger partial charge is 0.410 e. The second kappa shape index (κ2) is 8.31. The number of likely N-dealkylation sites (tertiary alicyclic amines) is 1. The first-order valence-corrected chi connectivity index (χ1v) is 10.9. The van der Waals surface area contributed by atoms with E-state index in [0.717, 1.165) is 5.56 Å². The van der Waals surface area contributed by atoms with Crippen molar-refractivity contribution in [2.75, 3.05) is 13.1 Å². The van der Waals surface area contributed by atoms with Crippen molar-refractivity contribution in [3.63, 3.8) is 0 Å². The Morgan fingerprint density at radius 2 is 1.83 bits per heavy atom. The third kappa shape index (κ3) is 5.27. The maximum absolute atomic E-state index is 12.8. The fourth-order valence-corrected chi connectivity index (χ4v) is 4.42. The third-order valence-electron chi connectivity index (χ3n) is 5.09. The first-order chi connectivity index (χ1) is 13.3. The molecule has 1 aromatic rings. The second-order valence-electron chi connectivity index (χ2n) is 8.34. The van der Waals surface area contributed by atoms with Crippen LogP contribution in [0.1, 0.15) is 46.1 Å². The molecule has 2 atom stereocenters. The molecule has 8 nitrogen and oxygen atoms in total. The summed E-state index contributed by atoms with van der Waals surface area (Å²) in [5.74, 6) is -1.15. The summed E-state index contributed by atoms with van der Waals surface area (Å²) < 4.78 is 36.4. The molecule has 1 fully saturated rings. The second-order valence-corrected chi connectivity index (χ2v) is 9.92. The van der Waals surface area contributed by atoms with Gasteiger partial charge in [-0.25, -0.2) is 4.79 Å². The number of carboxylic acid groups (broad SMARTS) is 1. The van der Waals surface area contributed by atoms with Gasteiger partial charge in [-0.3, -0.25) is 8.98 Å². The van der Waals surface area contributed by atoms with Crippen LogP contribution >= 0.6 is 0 Å². The molecule has 1 aliphatic heterocycles. The average Bonchev–Trinajstić information content (AvgIpc) is 2.60. The maximum Gasteiger partial charge on any atom is 0.410 e. The summed E-state index contributed by atoms with van der Waals surface area (Å²) in [5, 5.41) is 9.86. The molecule has 0 aliphatic carbocycles. The molecule has 0 bridgehead atoms. The van der Waals surface area contributed by atoms with Crippen LogP contribution in [0.4, 0.5) is 4.79 Å². The Morgan fingerprint density at radius 3 is 2.31 bits per heavy atom. The topological polar surface area (TPSA) is 110 Å². The molecule has 1 saturated heterocycles. The molecular weight excluding hydrogens is 398 g/mol. The van der Waals surface area contributed by atoms with Crippen LogP contribution in [0.3, 0.4) is 0 Å². The molecule has 1 heterocycles. The van der Waals surface area contributed by atoms with Gasteiger partial charge in [-0.05, 0) is 52.7 Å². The fraction of sp³-hybridized carbons (Fsp3) is 0.600. The van der Waals surface area contributed by atoms with Gasteiger partial charge in [0.2, 0.25) is 0 Å². The summed E-state index contributed by atoms with van der Waals surface area (Å²) in [7, 11) is -4.22. The standard InChI is InChI=1S/C20H29NO7S/c1-6-20(17(22)23)11-12-21(18(24)27-19(3,4)5)13-16(20)28-29(25,26)15-9-7-14(2)8-10-15/h7-10,16H,6,11-13H2,1-5H3,(H,22,23). The zero-order valence-electron chi connectivity index (χ0n) is 17.5. The highest BCUT2D eigenvalue weighted by Gasteiger charge is 2.52. The fourth-order valence-electron chi connectivity index (χ4n) is 3.29. The van der Waals surface area contributed by atoms with Crippen molar-refractivity contribution in [1.29, 1.82) is 0 Å². The largest absolute Gasteiger partial charge is 0.481 e. The number of hydrogen-bond acceptors (Lipinski definition) is 6. The number of carboxylic acids is 1. The van der Waals surface area contributed by atoms with Gasteiger partial charge in [0.05, 0.1) is 16.9 Å². The van der Waals surface area contributed by atoms with Crippen LogP contribution in [-0.4, -0.2) is 55.3 Å². The Hall–Kier alpha value is -2.13.